The van der Waals surface area contributed by atoms with Gasteiger partial charge >= 0.3 is 0 Å². The molecule has 2 aliphatic rings. The maximum atomic E-state index is 12.6. The molecule has 2 aromatic rings. The molecule has 0 fully saturated rings. The molecule has 2 aromatic carbocycles. The Morgan fingerprint density at radius 3 is 2.69 bits per heavy atom. The average Bonchev–Trinajstić information content (AvgIpc) is 2.98. The van der Waals surface area contributed by atoms with E-state index in [4.69, 9.17) is 9.47 Å². The summed E-state index contributed by atoms with van der Waals surface area (Å²) in [7, 11) is 0. The summed E-state index contributed by atoms with van der Waals surface area (Å²) >= 11 is 1.53. The highest BCUT2D eigenvalue weighted by atomic mass is 32.2. The van der Waals surface area contributed by atoms with Crippen molar-refractivity contribution in [3.8, 4) is 11.5 Å². The van der Waals surface area contributed by atoms with Crippen LogP contribution in [0.5, 0.6) is 11.5 Å². The van der Waals surface area contributed by atoms with Crippen molar-refractivity contribution in [1.29, 1.82) is 0 Å². The van der Waals surface area contributed by atoms with Crippen LogP contribution in [0.3, 0.4) is 0 Å². The van der Waals surface area contributed by atoms with Gasteiger partial charge in [0.05, 0.1) is 18.5 Å². The van der Waals surface area contributed by atoms with Crippen molar-refractivity contribution in [3.05, 3.63) is 47.5 Å². The molecule has 5 heteroatoms. The number of amides is 1. The summed E-state index contributed by atoms with van der Waals surface area (Å²) in [5.74, 6) is 1.56. The molecule has 0 spiro atoms. The van der Waals surface area contributed by atoms with Gasteiger partial charge in [-0.25, -0.2) is 0 Å². The van der Waals surface area contributed by atoms with Gasteiger partial charge in [-0.3, -0.25) is 4.79 Å². The summed E-state index contributed by atoms with van der Waals surface area (Å²) in [5, 5.41) is 2.85. The molecule has 26 heavy (non-hydrogen) atoms. The molecule has 1 amide bonds. The normalized spacial score (nSPS) is 16.5. The van der Waals surface area contributed by atoms with Gasteiger partial charge in [0.2, 0.25) is 5.91 Å². The number of thioether (sulfide) groups is 1. The number of carbonyl (C=O) groups excluding carboxylic acids is 1. The van der Waals surface area contributed by atoms with Crippen LogP contribution in [-0.4, -0.2) is 24.4 Å². The van der Waals surface area contributed by atoms with Gasteiger partial charge in [0.15, 0.2) is 11.5 Å². The second-order valence-electron chi connectivity index (χ2n) is 6.75. The highest BCUT2D eigenvalue weighted by Gasteiger charge is 2.18. The molecular formula is C21H23NO3S. The highest BCUT2D eigenvalue weighted by Crippen LogP contribution is 2.35. The minimum Gasteiger partial charge on any atom is -0.490 e. The number of ether oxygens (including phenoxy) is 2. The second kappa shape index (κ2) is 7.62. The summed E-state index contributed by atoms with van der Waals surface area (Å²) < 4.78 is 11.4. The predicted octanol–water partition coefficient (Wildman–Crippen LogP) is 4.46. The third-order valence-corrected chi connectivity index (χ3v) is 5.86. The van der Waals surface area contributed by atoms with Crippen LogP contribution in [0.4, 0.5) is 5.69 Å². The van der Waals surface area contributed by atoms with Crippen molar-refractivity contribution in [2.24, 2.45) is 0 Å². The van der Waals surface area contributed by atoms with Gasteiger partial charge in [-0.2, -0.15) is 0 Å². The first-order valence-corrected chi connectivity index (χ1v) is 10.1. The Bertz CT molecular complexity index is 821. The van der Waals surface area contributed by atoms with E-state index in [1.54, 1.807) is 0 Å². The van der Waals surface area contributed by atoms with Crippen molar-refractivity contribution in [2.45, 2.75) is 42.8 Å². The smallest absolute Gasteiger partial charge is 0.237 e. The van der Waals surface area contributed by atoms with Gasteiger partial charge in [-0.05, 0) is 67.6 Å². The molecule has 0 saturated carbocycles. The predicted molar refractivity (Wildman–Crippen MR) is 104 cm³/mol. The van der Waals surface area contributed by atoms with Crippen molar-refractivity contribution < 1.29 is 14.3 Å². The van der Waals surface area contributed by atoms with Crippen molar-refractivity contribution >= 4 is 23.4 Å². The Labute approximate surface area is 158 Å². The SMILES string of the molecule is C[C@H](Sc1ccc2c(c1)OCCCO2)C(=O)Nc1ccc2c(c1)CCC2. The van der Waals surface area contributed by atoms with E-state index >= 15 is 0 Å². The number of rotatable bonds is 4. The van der Waals surface area contributed by atoms with E-state index in [-0.39, 0.29) is 11.2 Å². The van der Waals surface area contributed by atoms with Crippen LogP contribution >= 0.6 is 11.8 Å². The number of nitrogens with one attached hydrogen (secondary N) is 1. The van der Waals surface area contributed by atoms with Crippen LogP contribution in [0.2, 0.25) is 0 Å². The topological polar surface area (TPSA) is 47.6 Å². The summed E-state index contributed by atoms with van der Waals surface area (Å²) in [5.41, 5.74) is 3.67. The summed E-state index contributed by atoms with van der Waals surface area (Å²) in [6.45, 7) is 3.27. The quantitative estimate of drug-likeness (QED) is 0.809. The standard InChI is InChI=1S/C21H23NO3S/c1-14(21(23)22-17-7-6-15-4-2-5-16(15)12-17)26-18-8-9-19-20(13-18)25-11-3-10-24-19/h6-9,12-14H,2-5,10-11H2,1H3,(H,22,23)/t14-/m0/s1. The highest BCUT2D eigenvalue weighted by molar-refractivity contribution is 8.00. The second-order valence-corrected chi connectivity index (χ2v) is 8.16. The molecule has 1 aliphatic carbocycles. The number of aryl methyl sites for hydroxylation is 2. The molecule has 1 aliphatic heterocycles. The van der Waals surface area contributed by atoms with Crippen LogP contribution < -0.4 is 14.8 Å². The largest absolute Gasteiger partial charge is 0.490 e. The molecule has 0 aromatic heterocycles. The van der Waals surface area contributed by atoms with E-state index < -0.39 is 0 Å². The Morgan fingerprint density at radius 2 is 1.81 bits per heavy atom. The lowest BCUT2D eigenvalue weighted by molar-refractivity contribution is -0.115. The lowest BCUT2D eigenvalue weighted by atomic mass is 10.1. The molecule has 1 heterocycles. The number of hydrogen-bond donors (Lipinski definition) is 1. The van der Waals surface area contributed by atoms with Crippen LogP contribution in [0.1, 0.15) is 30.9 Å². The Kier molecular flexibility index (Phi) is 5.07. The minimum absolute atomic E-state index is 0.0139. The van der Waals surface area contributed by atoms with Crippen LogP contribution in [0.15, 0.2) is 41.3 Å². The molecular weight excluding hydrogens is 346 g/mol. The summed E-state index contributed by atoms with van der Waals surface area (Å²) in [6.07, 6.45) is 4.36. The molecule has 0 bridgehead atoms. The van der Waals surface area contributed by atoms with E-state index in [1.165, 1.54) is 29.3 Å². The number of benzene rings is 2. The Morgan fingerprint density at radius 1 is 1.00 bits per heavy atom. The number of hydrogen-bond acceptors (Lipinski definition) is 4. The van der Waals surface area contributed by atoms with E-state index in [0.29, 0.717) is 13.2 Å². The zero-order valence-electron chi connectivity index (χ0n) is 14.9. The zero-order chi connectivity index (χ0) is 17.9. The third-order valence-electron chi connectivity index (χ3n) is 4.77. The maximum absolute atomic E-state index is 12.6. The van der Waals surface area contributed by atoms with Gasteiger partial charge in [-0.15, -0.1) is 11.8 Å². The summed E-state index contributed by atoms with van der Waals surface area (Å²) in [6, 6.07) is 12.1. The van der Waals surface area contributed by atoms with Crippen LogP contribution in [0.25, 0.3) is 0 Å². The maximum Gasteiger partial charge on any atom is 0.237 e. The molecule has 0 unspecified atom stereocenters. The first-order valence-electron chi connectivity index (χ1n) is 9.18. The first-order chi connectivity index (χ1) is 12.7. The van der Waals surface area contributed by atoms with Crippen molar-refractivity contribution in [2.75, 3.05) is 18.5 Å². The van der Waals surface area contributed by atoms with E-state index in [2.05, 4.69) is 17.4 Å². The Hall–Kier alpha value is -2.14. The van der Waals surface area contributed by atoms with Gasteiger partial charge < -0.3 is 14.8 Å². The molecule has 4 rings (SSSR count). The minimum atomic E-state index is -0.201. The van der Waals surface area contributed by atoms with E-state index in [0.717, 1.165) is 41.3 Å². The van der Waals surface area contributed by atoms with Crippen molar-refractivity contribution in [1.82, 2.24) is 0 Å². The Balaban J connectivity index is 1.40. The number of fused-ring (bicyclic) bond motifs is 2. The monoisotopic (exact) mass is 369 g/mol. The first kappa shape index (κ1) is 17.3. The number of carbonyl (C=O) groups is 1. The average molecular weight is 369 g/mol. The van der Waals surface area contributed by atoms with Gasteiger partial charge in [0, 0.05) is 17.0 Å². The lowest BCUT2D eigenvalue weighted by Gasteiger charge is -2.14. The fourth-order valence-corrected chi connectivity index (χ4v) is 4.26. The zero-order valence-corrected chi connectivity index (χ0v) is 15.7. The van der Waals surface area contributed by atoms with Crippen LogP contribution in [-0.2, 0) is 17.6 Å². The molecule has 136 valence electrons. The molecule has 0 radical (unpaired) electrons. The van der Waals surface area contributed by atoms with Crippen LogP contribution in [0, 0.1) is 0 Å². The lowest BCUT2D eigenvalue weighted by Crippen LogP contribution is -2.22. The molecule has 4 nitrogen and oxygen atoms in total. The fraction of sp³-hybridized carbons (Fsp3) is 0.381. The van der Waals surface area contributed by atoms with Gasteiger partial charge in [-0.1, -0.05) is 6.07 Å². The fourth-order valence-electron chi connectivity index (χ4n) is 3.37. The molecule has 1 atom stereocenters. The molecule has 0 saturated heterocycles. The van der Waals surface area contributed by atoms with Gasteiger partial charge in [0.1, 0.15) is 0 Å². The van der Waals surface area contributed by atoms with E-state index in [9.17, 15) is 4.79 Å². The summed E-state index contributed by atoms with van der Waals surface area (Å²) in [4.78, 5) is 13.6. The third kappa shape index (κ3) is 3.83. The number of anilines is 1. The van der Waals surface area contributed by atoms with Gasteiger partial charge in [0.25, 0.3) is 0 Å². The molecule has 1 N–H and O–H groups in total. The van der Waals surface area contributed by atoms with Crippen molar-refractivity contribution in [3.63, 3.8) is 0 Å². The van der Waals surface area contributed by atoms with E-state index in [1.807, 2.05) is 31.2 Å².